The zero-order chi connectivity index (χ0) is 17.2. The molecule has 0 aliphatic carbocycles. The van der Waals surface area contributed by atoms with E-state index in [0.29, 0.717) is 18.7 Å². The summed E-state index contributed by atoms with van der Waals surface area (Å²) in [5.74, 6) is 0.0833. The number of piperidine rings is 1. The maximum Gasteiger partial charge on any atom is 0.261 e. The number of hydrogen-bond acceptors (Lipinski definition) is 3. The van der Waals surface area contributed by atoms with Gasteiger partial charge in [-0.15, -0.1) is 0 Å². The maximum absolute atomic E-state index is 12.5. The molecule has 1 aliphatic heterocycles. The third kappa shape index (κ3) is 3.59. The van der Waals surface area contributed by atoms with Gasteiger partial charge in [-0.2, -0.15) is 0 Å². The maximum atomic E-state index is 12.5. The van der Waals surface area contributed by atoms with E-state index in [2.05, 4.69) is 4.72 Å². The number of carbonyl (C=O) groups is 1. The van der Waals surface area contributed by atoms with E-state index in [1.807, 2.05) is 19.1 Å². The fraction of sp³-hybridized carbons (Fsp3) is 0.278. The summed E-state index contributed by atoms with van der Waals surface area (Å²) in [7, 11) is -3.65. The lowest BCUT2D eigenvalue weighted by molar-refractivity contribution is -0.119. The molecule has 5 nitrogen and oxygen atoms in total. The molecule has 1 N–H and O–H groups in total. The van der Waals surface area contributed by atoms with Crippen LogP contribution in [0.1, 0.15) is 24.8 Å². The van der Waals surface area contributed by atoms with Crippen molar-refractivity contribution in [1.82, 2.24) is 0 Å². The van der Waals surface area contributed by atoms with Gasteiger partial charge in [-0.25, -0.2) is 8.42 Å². The Morgan fingerprint density at radius 3 is 2.58 bits per heavy atom. The first-order valence-electron chi connectivity index (χ1n) is 7.96. The summed E-state index contributed by atoms with van der Waals surface area (Å²) in [6, 6.07) is 13.7. The first-order valence-corrected chi connectivity index (χ1v) is 9.44. The van der Waals surface area contributed by atoms with E-state index < -0.39 is 10.0 Å². The molecule has 0 atom stereocenters. The van der Waals surface area contributed by atoms with Crippen LogP contribution >= 0.6 is 0 Å². The van der Waals surface area contributed by atoms with Crippen LogP contribution in [0.4, 0.5) is 11.4 Å². The predicted molar refractivity (Wildman–Crippen MR) is 94.6 cm³/mol. The van der Waals surface area contributed by atoms with Crippen molar-refractivity contribution in [1.29, 1.82) is 0 Å². The molecule has 6 heteroatoms. The van der Waals surface area contributed by atoms with E-state index in [-0.39, 0.29) is 10.8 Å². The van der Waals surface area contributed by atoms with Crippen LogP contribution in [0, 0.1) is 6.92 Å². The SMILES string of the molecule is Cc1cccc(S(=O)(=O)Nc2cccc(N3CCCCC3=O)c2)c1. The summed E-state index contributed by atoms with van der Waals surface area (Å²) in [6.07, 6.45) is 2.42. The molecule has 2 aromatic carbocycles. The van der Waals surface area contributed by atoms with Gasteiger partial charge >= 0.3 is 0 Å². The van der Waals surface area contributed by atoms with Gasteiger partial charge in [0, 0.05) is 18.7 Å². The number of amides is 1. The Morgan fingerprint density at radius 2 is 1.83 bits per heavy atom. The number of sulfonamides is 1. The summed E-state index contributed by atoms with van der Waals surface area (Å²) in [5.41, 5.74) is 2.06. The smallest absolute Gasteiger partial charge is 0.261 e. The molecule has 1 fully saturated rings. The van der Waals surface area contributed by atoms with Crippen LogP contribution in [-0.4, -0.2) is 20.9 Å². The van der Waals surface area contributed by atoms with E-state index in [0.717, 1.165) is 24.1 Å². The van der Waals surface area contributed by atoms with Crippen molar-refractivity contribution in [3.05, 3.63) is 54.1 Å². The van der Waals surface area contributed by atoms with Crippen molar-refractivity contribution < 1.29 is 13.2 Å². The minimum Gasteiger partial charge on any atom is -0.312 e. The number of anilines is 2. The van der Waals surface area contributed by atoms with E-state index in [1.54, 1.807) is 41.3 Å². The van der Waals surface area contributed by atoms with Gasteiger partial charge in [-0.1, -0.05) is 18.2 Å². The second-order valence-corrected chi connectivity index (χ2v) is 7.66. The average molecular weight is 344 g/mol. The highest BCUT2D eigenvalue weighted by atomic mass is 32.2. The largest absolute Gasteiger partial charge is 0.312 e. The molecule has 3 rings (SSSR count). The number of nitrogens with zero attached hydrogens (tertiary/aromatic N) is 1. The van der Waals surface area contributed by atoms with Gasteiger partial charge in [0.15, 0.2) is 0 Å². The van der Waals surface area contributed by atoms with Crippen LogP contribution in [-0.2, 0) is 14.8 Å². The Morgan fingerprint density at radius 1 is 1.04 bits per heavy atom. The van der Waals surface area contributed by atoms with E-state index in [1.165, 1.54) is 0 Å². The predicted octanol–water partition coefficient (Wildman–Crippen LogP) is 3.31. The molecule has 0 unspecified atom stereocenters. The van der Waals surface area contributed by atoms with Gasteiger partial charge in [-0.3, -0.25) is 9.52 Å². The number of aryl methyl sites for hydroxylation is 1. The van der Waals surface area contributed by atoms with Crippen LogP contribution in [0.25, 0.3) is 0 Å². The van der Waals surface area contributed by atoms with Crippen LogP contribution < -0.4 is 9.62 Å². The van der Waals surface area contributed by atoms with Crippen LogP contribution in [0.2, 0.25) is 0 Å². The topological polar surface area (TPSA) is 66.5 Å². The second-order valence-electron chi connectivity index (χ2n) is 5.97. The number of benzene rings is 2. The van der Waals surface area contributed by atoms with Gasteiger partial charge in [-0.05, 0) is 55.7 Å². The third-order valence-corrected chi connectivity index (χ3v) is 5.41. The molecular weight excluding hydrogens is 324 g/mol. The summed E-state index contributed by atoms with van der Waals surface area (Å²) in [6.45, 7) is 2.52. The zero-order valence-electron chi connectivity index (χ0n) is 13.5. The molecule has 0 spiro atoms. The van der Waals surface area contributed by atoms with E-state index >= 15 is 0 Å². The zero-order valence-corrected chi connectivity index (χ0v) is 14.3. The van der Waals surface area contributed by atoms with E-state index in [4.69, 9.17) is 0 Å². The lowest BCUT2D eigenvalue weighted by Gasteiger charge is -2.27. The Balaban J connectivity index is 1.85. The first kappa shape index (κ1) is 16.5. The lowest BCUT2D eigenvalue weighted by atomic mass is 10.1. The van der Waals surface area contributed by atoms with Gasteiger partial charge < -0.3 is 4.90 Å². The second kappa shape index (κ2) is 6.65. The van der Waals surface area contributed by atoms with E-state index in [9.17, 15) is 13.2 Å². The minimum absolute atomic E-state index is 0.0833. The summed E-state index contributed by atoms with van der Waals surface area (Å²) >= 11 is 0. The van der Waals surface area contributed by atoms with Crippen LogP contribution in [0.5, 0.6) is 0 Å². The Kier molecular flexibility index (Phi) is 4.57. The number of hydrogen-bond donors (Lipinski definition) is 1. The van der Waals surface area contributed by atoms with Crippen molar-refractivity contribution in [2.75, 3.05) is 16.2 Å². The third-order valence-electron chi connectivity index (χ3n) is 4.03. The summed E-state index contributed by atoms with van der Waals surface area (Å²) in [4.78, 5) is 14.0. The Bertz CT molecular complexity index is 862. The van der Waals surface area contributed by atoms with Crippen molar-refractivity contribution in [2.24, 2.45) is 0 Å². The quantitative estimate of drug-likeness (QED) is 0.925. The molecule has 126 valence electrons. The molecule has 2 aromatic rings. The summed E-state index contributed by atoms with van der Waals surface area (Å²) in [5, 5.41) is 0. The normalized spacial score (nSPS) is 15.4. The first-order chi connectivity index (χ1) is 11.5. The monoisotopic (exact) mass is 344 g/mol. The van der Waals surface area contributed by atoms with Gasteiger partial charge in [0.05, 0.1) is 10.6 Å². The fourth-order valence-electron chi connectivity index (χ4n) is 2.81. The Hall–Kier alpha value is -2.34. The molecule has 0 radical (unpaired) electrons. The molecule has 0 bridgehead atoms. The molecule has 0 saturated carbocycles. The van der Waals surface area contributed by atoms with Crippen molar-refractivity contribution in [2.45, 2.75) is 31.1 Å². The number of carbonyl (C=O) groups excluding carboxylic acids is 1. The molecular formula is C18H20N2O3S. The fourth-order valence-corrected chi connectivity index (χ4v) is 3.97. The highest BCUT2D eigenvalue weighted by Crippen LogP contribution is 2.25. The number of rotatable bonds is 4. The van der Waals surface area contributed by atoms with Crippen molar-refractivity contribution >= 4 is 27.3 Å². The standard InChI is InChI=1S/C18H20N2O3S/c1-14-6-4-9-17(12-14)24(22,23)19-15-7-5-8-16(13-15)20-11-3-2-10-18(20)21/h4-9,12-13,19H,2-3,10-11H2,1H3. The van der Waals surface area contributed by atoms with Gasteiger partial charge in [0.1, 0.15) is 0 Å². The Labute approximate surface area is 142 Å². The van der Waals surface area contributed by atoms with Gasteiger partial charge in [0.25, 0.3) is 10.0 Å². The minimum atomic E-state index is -3.65. The van der Waals surface area contributed by atoms with Gasteiger partial charge in [0.2, 0.25) is 5.91 Å². The van der Waals surface area contributed by atoms with Crippen molar-refractivity contribution in [3.63, 3.8) is 0 Å². The molecule has 1 aliphatic rings. The molecule has 1 saturated heterocycles. The van der Waals surface area contributed by atoms with Crippen LogP contribution in [0.3, 0.4) is 0 Å². The summed E-state index contributed by atoms with van der Waals surface area (Å²) < 4.78 is 27.6. The molecule has 0 aromatic heterocycles. The highest BCUT2D eigenvalue weighted by Gasteiger charge is 2.20. The lowest BCUT2D eigenvalue weighted by Crippen LogP contribution is -2.35. The van der Waals surface area contributed by atoms with Crippen molar-refractivity contribution in [3.8, 4) is 0 Å². The molecule has 1 amide bonds. The molecule has 1 heterocycles. The highest BCUT2D eigenvalue weighted by molar-refractivity contribution is 7.92. The van der Waals surface area contributed by atoms with Crippen LogP contribution in [0.15, 0.2) is 53.4 Å². The molecule has 24 heavy (non-hydrogen) atoms. The number of nitrogens with one attached hydrogen (secondary N) is 1. The average Bonchev–Trinajstić information content (AvgIpc) is 2.55.